The van der Waals surface area contributed by atoms with Crippen LogP contribution in [0.5, 0.6) is 11.5 Å². The molecule has 0 radical (unpaired) electrons. The van der Waals surface area contributed by atoms with Gasteiger partial charge in [0.15, 0.2) is 16.6 Å². The number of ether oxygens (including phenoxy) is 1. The molecule has 0 saturated carbocycles. The van der Waals surface area contributed by atoms with Gasteiger partial charge < -0.3 is 20.1 Å². The minimum absolute atomic E-state index is 0.139. The van der Waals surface area contributed by atoms with E-state index in [0.29, 0.717) is 12.3 Å². The van der Waals surface area contributed by atoms with E-state index >= 15 is 0 Å². The second kappa shape index (κ2) is 14.7. The van der Waals surface area contributed by atoms with E-state index in [1.54, 1.807) is 13.2 Å². The van der Waals surface area contributed by atoms with Gasteiger partial charge in [0.05, 0.1) is 7.11 Å². The zero-order chi connectivity index (χ0) is 23.2. The molecule has 0 amide bonds. The van der Waals surface area contributed by atoms with Gasteiger partial charge >= 0.3 is 0 Å². The third kappa shape index (κ3) is 8.65. The maximum Gasteiger partial charge on any atom is 0.169 e. The Morgan fingerprint density at radius 3 is 2.09 bits per heavy atom. The second-order valence-corrected chi connectivity index (χ2v) is 7.52. The van der Waals surface area contributed by atoms with Gasteiger partial charge in [0.25, 0.3) is 0 Å². The van der Waals surface area contributed by atoms with Gasteiger partial charge in [-0.3, -0.25) is 0 Å². The Morgan fingerprint density at radius 1 is 0.906 bits per heavy atom. The summed E-state index contributed by atoms with van der Waals surface area (Å²) in [7, 11) is 1.56. The van der Waals surface area contributed by atoms with E-state index < -0.39 is 0 Å². The Labute approximate surface area is 206 Å². The van der Waals surface area contributed by atoms with E-state index in [9.17, 15) is 5.11 Å². The van der Waals surface area contributed by atoms with Gasteiger partial charge in [0, 0.05) is 19.6 Å². The fourth-order valence-corrected chi connectivity index (χ4v) is 3.53. The number of phenolic OH excluding ortho intramolecular Hbond substituents is 1. The molecule has 0 unspecified atom stereocenters. The van der Waals surface area contributed by atoms with E-state index in [1.807, 2.05) is 24.3 Å². The minimum Gasteiger partial charge on any atom is -0.504 e. The summed E-state index contributed by atoms with van der Waals surface area (Å²) in [5, 5.41) is 14.0. The number of benzene rings is 3. The first-order valence-corrected chi connectivity index (χ1v) is 12.3. The zero-order valence-corrected chi connectivity index (χ0v) is 20.8. The van der Waals surface area contributed by atoms with E-state index in [0.717, 1.165) is 36.6 Å². The van der Waals surface area contributed by atoms with Crippen molar-refractivity contribution in [2.45, 2.75) is 19.4 Å². The molecular weight excluding hydrogens is 456 g/mol. The van der Waals surface area contributed by atoms with Crippen LogP contribution >= 0.6 is 35.5 Å². The van der Waals surface area contributed by atoms with Crippen molar-refractivity contribution in [1.82, 2.24) is 10.2 Å². The molecule has 0 aliphatic rings. The summed E-state index contributed by atoms with van der Waals surface area (Å²) in [4.78, 5) is 2.17. The summed E-state index contributed by atoms with van der Waals surface area (Å²) in [6.45, 7) is 2.22. The van der Waals surface area contributed by atoms with Gasteiger partial charge in [0.2, 0.25) is 0 Å². The molecule has 0 spiro atoms. The van der Waals surface area contributed by atoms with Gasteiger partial charge in [-0.15, -0.1) is 23.3 Å². The Morgan fingerprint density at radius 2 is 1.50 bits per heavy atom. The van der Waals surface area contributed by atoms with E-state index in [2.05, 4.69) is 82.1 Å². The summed E-state index contributed by atoms with van der Waals surface area (Å²) in [5.41, 5.74) is 3.59. The van der Waals surface area contributed by atoms with Crippen LogP contribution in [0.25, 0.3) is 0 Å². The van der Waals surface area contributed by atoms with Crippen molar-refractivity contribution < 1.29 is 9.84 Å². The molecule has 3 rings (SSSR count). The molecule has 7 heteroatoms. The van der Waals surface area contributed by atoms with Gasteiger partial charge in [-0.2, -0.15) is 0 Å². The number of rotatable bonds is 9. The fourth-order valence-electron chi connectivity index (χ4n) is 3.27. The van der Waals surface area contributed by atoms with Crippen molar-refractivity contribution in [3.05, 3.63) is 95.6 Å². The molecule has 0 fully saturated rings. The van der Waals surface area contributed by atoms with Crippen molar-refractivity contribution in [1.29, 1.82) is 0 Å². The molecule has 0 aliphatic carbocycles. The van der Waals surface area contributed by atoms with E-state index in [4.69, 9.17) is 17.0 Å². The van der Waals surface area contributed by atoms with E-state index in [-0.39, 0.29) is 5.75 Å². The highest BCUT2D eigenvalue weighted by Crippen LogP contribution is 2.26. The third-order valence-corrected chi connectivity index (χ3v) is 5.35. The lowest BCUT2D eigenvalue weighted by Gasteiger charge is -2.26. The molecule has 0 aromatic heterocycles. The first-order chi connectivity index (χ1) is 15.7. The van der Waals surface area contributed by atoms with Gasteiger partial charge in [-0.1, -0.05) is 66.7 Å². The Hall–Kier alpha value is -2.35. The molecule has 0 heterocycles. The number of thiol groups is 2. The Bertz CT molecular complexity index is 940. The van der Waals surface area contributed by atoms with Crippen LogP contribution < -0.4 is 10.1 Å². The van der Waals surface area contributed by atoms with Crippen LogP contribution in [0.2, 0.25) is 0 Å². The normalized spacial score (nSPS) is 9.97. The average Bonchev–Trinajstić information content (AvgIpc) is 2.85. The summed E-state index contributed by atoms with van der Waals surface area (Å²) in [6, 6.07) is 26.2. The number of nitrogens with one attached hydrogen (secondary N) is 1. The molecule has 3 aromatic carbocycles. The number of nitrogens with zero attached hydrogens (tertiary/aromatic N) is 1. The minimum atomic E-state index is 0.139. The lowest BCUT2D eigenvalue weighted by molar-refractivity contribution is 0.369. The number of phenols is 1. The van der Waals surface area contributed by atoms with Crippen molar-refractivity contribution in [2.24, 2.45) is 0 Å². The van der Waals surface area contributed by atoms with Crippen molar-refractivity contribution in [3.63, 3.8) is 0 Å². The SMILES string of the molecule is COc1cc(CN(CCc2ccccc2)C(=S)NCCc2ccccc2)ccc1O.SS. The number of methoxy groups -OCH3 is 1. The molecule has 3 aromatic rings. The van der Waals surface area contributed by atoms with E-state index in [1.165, 1.54) is 11.1 Å². The van der Waals surface area contributed by atoms with Gasteiger partial charge in [0.1, 0.15) is 0 Å². The van der Waals surface area contributed by atoms with Crippen LogP contribution in [-0.2, 0) is 19.4 Å². The standard InChI is InChI=1S/C25H28N2O2S.H2S2/c1-29-24-18-22(12-13-23(24)28)19-27(17-15-21-10-6-3-7-11-21)25(30)26-16-14-20-8-4-2-5-9-20;1-2/h2-13,18,28H,14-17,19H2,1H3,(H,26,30);1-2H. The Balaban J connectivity index is 0.00000176. The molecule has 170 valence electrons. The maximum absolute atomic E-state index is 9.88. The topological polar surface area (TPSA) is 44.7 Å². The Kier molecular flexibility index (Phi) is 11.9. The van der Waals surface area contributed by atoms with Crippen LogP contribution in [-0.4, -0.2) is 35.3 Å². The molecule has 0 aliphatic heterocycles. The van der Waals surface area contributed by atoms with Crippen LogP contribution in [0, 0.1) is 0 Å². The summed E-state index contributed by atoms with van der Waals surface area (Å²) >= 11 is 12.2. The van der Waals surface area contributed by atoms with Gasteiger partial charge in [-0.25, -0.2) is 0 Å². The molecule has 0 saturated heterocycles. The van der Waals surface area contributed by atoms with Crippen LogP contribution in [0.3, 0.4) is 0 Å². The van der Waals surface area contributed by atoms with Gasteiger partial charge in [-0.05, 0) is 53.9 Å². The van der Waals surface area contributed by atoms with Crippen LogP contribution in [0.4, 0.5) is 0 Å². The number of hydrogen-bond acceptors (Lipinski definition) is 5. The van der Waals surface area contributed by atoms with Crippen LogP contribution in [0.15, 0.2) is 78.9 Å². The summed E-state index contributed by atoms with van der Waals surface area (Å²) < 4.78 is 5.25. The summed E-state index contributed by atoms with van der Waals surface area (Å²) in [5.74, 6) is 0.610. The van der Waals surface area contributed by atoms with Crippen molar-refractivity contribution in [3.8, 4) is 11.5 Å². The third-order valence-electron chi connectivity index (χ3n) is 4.95. The number of hydrogen-bond donors (Lipinski definition) is 4. The lowest BCUT2D eigenvalue weighted by atomic mass is 10.1. The van der Waals surface area contributed by atoms with Crippen molar-refractivity contribution in [2.75, 3.05) is 20.2 Å². The molecule has 32 heavy (non-hydrogen) atoms. The highest BCUT2D eigenvalue weighted by molar-refractivity contribution is 8.59. The molecule has 4 nitrogen and oxygen atoms in total. The molecule has 0 atom stereocenters. The quantitative estimate of drug-likeness (QED) is 0.187. The predicted octanol–water partition coefficient (Wildman–Crippen LogP) is 5.32. The van der Waals surface area contributed by atoms with Crippen molar-refractivity contribution >= 4 is 40.7 Å². The average molecular weight is 487 g/mol. The first kappa shape index (κ1) is 25.9. The highest BCUT2D eigenvalue weighted by atomic mass is 33.1. The monoisotopic (exact) mass is 486 g/mol. The van der Waals surface area contributed by atoms with Crippen LogP contribution in [0.1, 0.15) is 16.7 Å². The summed E-state index contributed by atoms with van der Waals surface area (Å²) in [6.07, 6.45) is 1.82. The molecule has 2 N–H and O–H groups in total. The fraction of sp³-hybridized carbons (Fsp3) is 0.240. The lowest BCUT2D eigenvalue weighted by Crippen LogP contribution is -2.41. The number of thiocarbonyl (C=S) groups is 1. The maximum atomic E-state index is 9.88. The highest BCUT2D eigenvalue weighted by Gasteiger charge is 2.12. The zero-order valence-electron chi connectivity index (χ0n) is 18.1. The number of aromatic hydroxyl groups is 1. The molecular formula is C25H30N2O2S3. The predicted molar refractivity (Wildman–Crippen MR) is 144 cm³/mol. The first-order valence-electron chi connectivity index (χ1n) is 10.3. The molecule has 0 bridgehead atoms. The largest absolute Gasteiger partial charge is 0.504 e. The second-order valence-electron chi connectivity index (χ2n) is 7.13. The smallest absolute Gasteiger partial charge is 0.169 e.